The van der Waals surface area contributed by atoms with E-state index in [1.165, 1.54) is 44.6 Å². The molecule has 2 atom stereocenters. The maximum Gasteiger partial charge on any atom is 0.299 e. The third kappa shape index (κ3) is 4.21. The summed E-state index contributed by atoms with van der Waals surface area (Å²) in [6.45, 7) is 2.14. The normalized spacial score (nSPS) is 32.1. The van der Waals surface area contributed by atoms with Gasteiger partial charge in [0.1, 0.15) is 17.2 Å². The molecule has 0 saturated heterocycles. The quantitative estimate of drug-likeness (QED) is 0.419. The van der Waals surface area contributed by atoms with Crippen LogP contribution in [0.3, 0.4) is 0 Å². The summed E-state index contributed by atoms with van der Waals surface area (Å²) in [4.78, 5) is 14.9. The molecule has 3 nitrogen and oxygen atoms in total. The van der Waals surface area contributed by atoms with E-state index in [1.54, 1.807) is 6.07 Å². The van der Waals surface area contributed by atoms with E-state index in [4.69, 9.17) is 11.2 Å². The zero-order valence-electron chi connectivity index (χ0n) is 21.2. The van der Waals surface area contributed by atoms with E-state index >= 15 is 0 Å². The van der Waals surface area contributed by atoms with Crippen LogP contribution in [0.15, 0.2) is 42.5 Å². The fourth-order valence-corrected chi connectivity index (χ4v) is 8.23. The molecule has 2 aromatic rings. The molecular weight excluding hydrogens is 449 g/mol. The lowest BCUT2D eigenvalue weighted by atomic mass is 9.54. The lowest BCUT2D eigenvalue weighted by Crippen LogP contribution is -2.53. The molecule has 7 rings (SSSR count). The molecule has 4 bridgehead atoms. The minimum atomic E-state index is -0.326. The molecule has 1 heterocycles. The van der Waals surface area contributed by atoms with E-state index in [2.05, 4.69) is 37.1 Å². The van der Waals surface area contributed by atoms with Crippen LogP contribution in [0, 0.1) is 35.9 Å². The van der Waals surface area contributed by atoms with Crippen LogP contribution >= 0.6 is 0 Å². The third-order valence-electron chi connectivity index (χ3n) is 9.29. The van der Waals surface area contributed by atoms with Crippen LogP contribution in [0.4, 0.5) is 4.39 Å². The van der Waals surface area contributed by atoms with E-state index in [0.717, 1.165) is 59.5 Å². The van der Waals surface area contributed by atoms with E-state index in [0.29, 0.717) is 6.42 Å². The Morgan fingerprint density at radius 1 is 1.08 bits per heavy atom. The number of rotatable bonds is 6. The Morgan fingerprint density at radius 3 is 2.36 bits per heavy atom. The van der Waals surface area contributed by atoms with E-state index < -0.39 is 0 Å². The number of hydrogen-bond donors (Lipinski definition) is 0. The first-order valence-corrected chi connectivity index (χ1v) is 13.8. The molecule has 0 radical (unpaired) electrons. The number of carbonyl (C=O) groups is 1. The van der Waals surface area contributed by atoms with Gasteiger partial charge < -0.3 is 9.64 Å². The molecular formula is C32H36FNO2. The second kappa shape index (κ2) is 9.25. The van der Waals surface area contributed by atoms with Crippen molar-refractivity contribution in [2.75, 3.05) is 0 Å². The van der Waals surface area contributed by atoms with Crippen molar-refractivity contribution < 1.29 is 13.9 Å². The Balaban J connectivity index is 1.32. The summed E-state index contributed by atoms with van der Waals surface area (Å²) >= 11 is 0. The van der Waals surface area contributed by atoms with Crippen molar-refractivity contribution in [1.29, 1.82) is 0 Å². The van der Waals surface area contributed by atoms with Crippen LogP contribution in [0.25, 0.3) is 0 Å². The molecule has 4 aliphatic carbocycles. The van der Waals surface area contributed by atoms with Crippen LogP contribution in [0.2, 0.25) is 0 Å². The van der Waals surface area contributed by atoms with Gasteiger partial charge in [-0.05, 0) is 116 Å². The van der Waals surface area contributed by atoms with Gasteiger partial charge in [-0.2, -0.15) is 0 Å². The number of nitrogens with zero attached hydrogens (tertiary/aromatic N) is 1. The largest absolute Gasteiger partial charge is 0.487 e. The van der Waals surface area contributed by atoms with Gasteiger partial charge in [-0.3, -0.25) is 4.79 Å². The first-order valence-electron chi connectivity index (χ1n) is 13.8. The Kier molecular flexibility index (Phi) is 6.06. The first kappa shape index (κ1) is 23.6. The number of unbranched alkanes of at least 4 members (excludes halogenated alkanes) is 1. The Hall–Kier alpha value is -2.80. The van der Waals surface area contributed by atoms with Crippen molar-refractivity contribution >= 4 is 5.91 Å². The van der Waals surface area contributed by atoms with Crippen molar-refractivity contribution in [2.45, 2.75) is 88.8 Å². The van der Waals surface area contributed by atoms with Gasteiger partial charge in [0.25, 0.3) is 5.91 Å². The number of fused-ring (bicyclic) bond motifs is 1. The monoisotopic (exact) mass is 485 g/mol. The molecule has 0 N–H and O–H groups in total. The second-order valence-corrected chi connectivity index (χ2v) is 11.9. The highest BCUT2D eigenvalue weighted by Crippen LogP contribution is 2.57. The van der Waals surface area contributed by atoms with Gasteiger partial charge in [-0.25, -0.2) is 4.39 Å². The molecule has 1 amide bonds. The van der Waals surface area contributed by atoms with Crippen molar-refractivity contribution in [3.63, 3.8) is 0 Å². The number of ether oxygens (including phenoxy) is 1. The molecule has 188 valence electrons. The summed E-state index contributed by atoms with van der Waals surface area (Å²) in [6, 6.07) is 12.8. The van der Waals surface area contributed by atoms with Crippen molar-refractivity contribution in [2.24, 2.45) is 17.8 Å². The fourth-order valence-electron chi connectivity index (χ4n) is 8.23. The number of hydrogen-bond acceptors (Lipinski definition) is 2. The summed E-state index contributed by atoms with van der Waals surface area (Å²) < 4.78 is 21.0. The zero-order chi connectivity index (χ0) is 24.9. The molecule has 1 unspecified atom stereocenters. The van der Waals surface area contributed by atoms with Gasteiger partial charge in [0.05, 0.1) is 6.04 Å². The summed E-state index contributed by atoms with van der Waals surface area (Å²) in [5.74, 6) is 5.23. The summed E-state index contributed by atoms with van der Waals surface area (Å²) in [5.41, 5.74) is 2.92. The predicted octanol–water partition coefficient (Wildman–Crippen LogP) is 6.84. The van der Waals surface area contributed by atoms with Crippen LogP contribution in [-0.4, -0.2) is 22.4 Å². The average molecular weight is 486 g/mol. The topological polar surface area (TPSA) is 29.5 Å². The fraction of sp³-hybridized carbons (Fsp3) is 0.531. The number of carbonyl (C=O) groups excluding carboxylic acids is 1. The van der Waals surface area contributed by atoms with Crippen LogP contribution in [0.5, 0.6) is 5.75 Å². The molecule has 0 aromatic heterocycles. The number of halogens is 1. The summed E-state index contributed by atoms with van der Waals surface area (Å²) in [7, 11) is 0. The molecule has 4 heteroatoms. The summed E-state index contributed by atoms with van der Waals surface area (Å²) in [5, 5.41) is 0. The van der Waals surface area contributed by atoms with Crippen molar-refractivity contribution in [3.05, 3.63) is 65.0 Å². The van der Waals surface area contributed by atoms with Crippen LogP contribution in [-0.2, 0) is 11.2 Å². The van der Waals surface area contributed by atoms with Gasteiger partial charge >= 0.3 is 0 Å². The van der Waals surface area contributed by atoms with E-state index in [1.807, 2.05) is 11.0 Å². The van der Waals surface area contributed by atoms with Crippen molar-refractivity contribution in [3.8, 4) is 18.1 Å². The van der Waals surface area contributed by atoms with Gasteiger partial charge in [0.15, 0.2) is 0 Å². The molecule has 1 aliphatic heterocycles. The van der Waals surface area contributed by atoms with Crippen LogP contribution in [0.1, 0.15) is 87.4 Å². The van der Waals surface area contributed by atoms with Crippen molar-refractivity contribution in [1.82, 2.24) is 4.90 Å². The van der Waals surface area contributed by atoms with E-state index in [-0.39, 0.29) is 29.4 Å². The maximum absolute atomic E-state index is 14.2. The lowest BCUT2D eigenvalue weighted by Gasteiger charge is -2.56. The van der Waals surface area contributed by atoms with Gasteiger partial charge in [-0.15, -0.1) is 6.42 Å². The summed E-state index contributed by atoms with van der Waals surface area (Å²) in [6.07, 6.45) is 16.9. The number of terminal acetylenes is 1. The van der Waals surface area contributed by atoms with Gasteiger partial charge in [0, 0.05) is 6.04 Å². The third-order valence-corrected chi connectivity index (χ3v) is 9.29. The highest BCUT2D eigenvalue weighted by Gasteiger charge is 2.52. The molecule has 2 aromatic carbocycles. The lowest BCUT2D eigenvalue weighted by molar-refractivity contribution is -0.130. The van der Waals surface area contributed by atoms with Gasteiger partial charge in [0.2, 0.25) is 0 Å². The molecule has 4 fully saturated rings. The maximum atomic E-state index is 14.2. The minimum absolute atomic E-state index is 0.00193. The van der Waals surface area contributed by atoms with Crippen LogP contribution < -0.4 is 4.74 Å². The Labute approximate surface area is 214 Å². The molecule has 5 aliphatic rings. The van der Waals surface area contributed by atoms with E-state index in [9.17, 15) is 9.18 Å². The first-order chi connectivity index (χ1) is 17.5. The molecule has 4 saturated carbocycles. The molecule has 0 spiro atoms. The predicted molar refractivity (Wildman–Crippen MR) is 139 cm³/mol. The number of benzene rings is 2. The molecule has 36 heavy (non-hydrogen) atoms. The SMILES string of the molecule is C#CC(=O)N1C(c2ccc(OC34CC5CC(CC(C5)C3)C4)cc2)c2ccc(F)cc2C[C@@H]1CCCC. The second-order valence-electron chi connectivity index (χ2n) is 11.9. The standard InChI is InChI=1S/C32H36FNO2/c1-3-5-6-27-17-25-16-26(33)9-12-29(25)31(34(27)30(35)4-2)24-7-10-28(11-8-24)36-32-18-21-13-22(19-32)15-23(14-21)20-32/h2,7-12,16,21-23,27,31H,3,5-6,13-15,17-20H2,1H3/t21?,22?,23?,27-,31?,32?/m0/s1. The zero-order valence-corrected chi connectivity index (χ0v) is 21.2. The van der Waals surface area contributed by atoms with Gasteiger partial charge in [-0.1, -0.05) is 38.0 Å². The Morgan fingerprint density at radius 2 is 1.75 bits per heavy atom. The number of amides is 1. The minimum Gasteiger partial charge on any atom is -0.487 e. The highest BCUT2D eigenvalue weighted by atomic mass is 19.1. The Bertz CT molecular complexity index is 1140. The smallest absolute Gasteiger partial charge is 0.299 e. The highest BCUT2D eigenvalue weighted by molar-refractivity contribution is 5.94. The average Bonchev–Trinajstić information content (AvgIpc) is 2.85.